The number of rotatable bonds is 15. The molecular formula is C16H30N2OS3. The molecular weight excluding hydrogens is 332 g/mol. The van der Waals surface area contributed by atoms with Crippen LogP contribution in [0.25, 0.3) is 0 Å². The van der Waals surface area contributed by atoms with E-state index in [-0.39, 0.29) is 6.61 Å². The fourth-order valence-electron chi connectivity index (χ4n) is 2.20. The number of nitrogens with zero attached hydrogens (tertiary/aromatic N) is 2. The van der Waals surface area contributed by atoms with Gasteiger partial charge in [0, 0.05) is 11.5 Å². The van der Waals surface area contributed by atoms with Crippen molar-refractivity contribution in [2.75, 3.05) is 18.1 Å². The van der Waals surface area contributed by atoms with Crippen molar-refractivity contribution in [1.29, 1.82) is 0 Å². The van der Waals surface area contributed by atoms with Crippen molar-refractivity contribution in [2.45, 2.75) is 79.8 Å². The summed E-state index contributed by atoms with van der Waals surface area (Å²) in [6, 6.07) is 0. The van der Waals surface area contributed by atoms with Gasteiger partial charge in [-0.25, -0.2) is 0 Å². The van der Waals surface area contributed by atoms with Gasteiger partial charge in [-0.05, 0) is 6.42 Å². The van der Waals surface area contributed by atoms with E-state index in [0.29, 0.717) is 5.75 Å². The highest BCUT2D eigenvalue weighted by molar-refractivity contribution is 8.03. The lowest BCUT2D eigenvalue weighted by atomic mass is 10.1. The predicted molar refractivity (Wildman–Crippen MR) is 100 cm³/mol. The molecule has 0 spiro atoms. The van der Waals surface area contributed by atoms with E-state index in [2.05, 4.69) is 17.1 Å². The van der Waals surface area contributed by atoms with Crippen LogP contribution in [0.15, 0.2) is 8.68 Å². The molecule has 0 saturated heterocycles. The van der Waals surface area contributed by atoms with E-state index in [0.717, 1.165) is 14.4 Å². The summed E-state index contributed by atoms with van der Waals surface area (Å²) < 4.78 is 2.04. The molecule has 1 aromatic rings. The van der Waals surface area contributed by atoms with Crippen LogP contribution in [0.5, 0.6) is 0 Å². The lowest BCUT2D eigenvalue weighted by Crippen LogP contribution is -1.84. The molecule has 0 aliphatic carbocycles. The minimum absolute atomic E-state index is 0.200. The second-order valence-corrected chi connectivity index (χ2v) is 9.10. The van der Waals surface area contributed by atoms with Crippen LogP contribution in [0.1, 0.15) is 71.1 Å². The van der Waals surface area contributed by atoms with Gasteiger partial charge in [0.2, 0.25) is 0 Å². The molecule has 1 heterocycles. The summed E-state index contributed by atoms with van der Waals surface area (Å²) in [5.41, 5.74) is 0. The van der Waals surface area contributed by atoms with E-state index in [1.807, 2.05) is 11.8 Å². The molecule has 1 aromatic heterocycles. The topological polar surface area (TPSA) is 46.0 Å². The Hall–Kier alpha value is 0.220. The summed E-state index contributed by atoms with van der Waals surface area (Å²) in [5, 5.41) is 17.1. The highest BCUT2D eigenvalue weighted by atomic mass is 32.2. The SMILES string of the molecule is CCCCCCCCCCCCSc1nnc(SCCO)s1. The van der Waals surface area contributed by atoms with E-state index >= 15 is 0 Å². The fraction of sp³-hybridized carbons (Fsp3) is 0.875. The van der Waals surface area contributed by atoms with Gasteiger partial charge in [-0.1, -0.05) is 99.6 Å². The number of unbranched alkanes of at least 4 members (excludes halogenated alkanes) is 9. The van der Waals surface area contributed by atoms with Crippen molar-refractivity contribution in [3.8, 4) is 0 Å². The van der Waals surface area contributed by atoms with Gasteiger partial charge >= 0.3 is 0 Å². The van der Waals surface area contributed by atoms with Gasteiger partial charge in [0.1, 0.15) is 0 Å². The molecule has 0 radical (unpaired) electrons. The zero-order valence-electron chi connectivity index (χ0n) is 13.8. The lowest BCUT2D eigenvalue weighted by Gasteiger charge is -2.01. The molecule has 128 valence electrons. The van der Waals surface area contributed by atoms with Crippen LogP contribution in [0.4, 0.5) is 0 Å². The molecule has 0 aromatic carbocycles. The molecule has 0 amide bonds. The van der Waals surface area contributed by atoms with Crippen LogP contribution in [-0.4, -0.2) is 33.4 Å². The Kier molecular flexibility index (Phi) is 13.6. The monoisotopic (exact) mass is 362 g/mol. The maximum Gasteiger partial charge on any atom is 0.175 e. The minimum atomic E-state index is 0.200. The number of aliphatic hydroxyl groups excluding tert-OH is 1. The van der Waals surface area contributed by atoms with Gasteiger partial charge in [-0.15, -0.1) is 10.2 Å². The van der Waals surface area contributed by atoms with Gasteiger partial charge in [-0.2, -0.15) is 0 Å². The van der Waals surface area contributed by atoms with Gasteiger partial charge < -0.3 is 5.11 Å². The normalized spacial score (nSPS) is 11.2. The molecule has 0 atom stereocenters. The van der Waals surface area contributed by atoms with Gasteiger partial charge in [-0.3, -0.25) is 0 Å². The zero-order valence-corrected chi connectivity index (χ0v) is 16.2. The molecule has 1 N–H and O–H groups in total. The molecule has 0 unspecified atom stereocenters. The standard InChI is InChI=1S/C16H30N2OS3/c1-2-3-4-5-6-7-8-9-10-11-13-20-15-17-18-16(22-15)21-14-12-19/h19H,2-14H2,1H3. The molecule has 0 aliphatic heterocycles. The molecule has 0 fully saturated rings. The summed E-state index contributed by atoms with van der Waals surface area (Å²) in [6.07, 6.45) is 13.8. The average Bonchev–Trinajstić information content (AvgIpc) is 2.98. The summed E-state index contributed by atoms with van der Waals surface area (Å²) in [4.78, 5) is 0. The van der Waals surface area contributed by atoms with Crippen molar-refractivity contribution in [1.82, 2.24) is 10.2 Å². The van der Waals surface area contributed by atoms with Crippen molar-refractivity contribution in [2.24, 2.45) is 0 Å². The summed E-state index contributed by atoms with van der Waals surface area (Å²) in [5.74, 6) is 1.85. The molecule has 0 aliphatic rings. The van der Waals surface area contributed by atoms with E-state index in [1.165, 1.54) is 64.2 Å². The number of hydrogen-bond acceptors (Lipinski definition) is 6. The predicted octanol–water partition coefficient (Wildman–Crippen LogP) is 5.64. The van der Waals surface area contributed by atoms with Crippen molar-refractivity contribution < 1.29 is 5.11 Å². The third kappa shape index (κ3) is 10.9. The third-order valence-corrected chi connectivity index (χ3v) is 6.68. The van der Waals surface area contributed by atoms with E-state index in [1.54, 1.807) is 23.1 Å². The molecule has 0 saturated carbocycles. The Bertz CT molecular complexity index is 361. The Morgan fingerprint density at radius 1 is 0.773 bits per heavy atom. The zero-order chi connectivity index (χ0) is 15.9. The first-order valence-electron chi connectivity index (χ1n) is 8.56. The number of aliphatic hydroxyl groups is 1. The van der Waals surface area contributed by atoms with Gasteiger partial charge in [0.05, 0.1) is 6.61 Å². The Balaban J connectivity index is 1.88. The second kappa shape index (κ2) is 14.8. The van der Waals surface area contributed by atoms with Crippen molar-refractivity contribution >= 4 is 34.9 Å². The molecule has 22 heavy (non-hydrogen) atoms. The van der Waals surface area contributed by atoms with Crippen LogP contribution in [-0.2, 0) is 0 Å². The quantitative estimate of drug-likeness (QED) is 0.323. The van der Waals surface area contributed by atoms with E-state index in [4.69, 9.17) is 5.11 Å². The minimum Gasteiger partial charge on any atom is -0.396 e. The Morgan fingerprint density at radius 3 is 1.82 bits per heavy atom. The van der Waals surface area contributed by atoms with Crippen LogP contribution >= 0.6 is 34.9 Å². The molecule has 0 bridgehead atoms. The van der Waals surface area contributed by atoms with Crippen LogP contribution in [0.2, 0.25) is 0 Å². The van der Waals surface area contributed by atoms with Crippen molar-refractivity contribution in [3.63, 3.8) is 0 Å². The van der Waals surface area contributed by atoms with Crippen LogP contribution in [0.3, 0.4) is 0 Å². The lowest BCUT2D eigenvalue weighted by molar-refractivity contribution is 0.322. The first-order valence-corrected chi connectivity index (χ1v) is 11.4. The maximum atomic E-state index is 8.78. The van der Waals surface area contributed by atoms with Crippen LogP contribution < -0.4 is 0 Å². The Labute approximate surface area is 148 Å². The van der Waals surface area contributed by atoms with Gasteiger partial charge in [0.25, 0.3) is 0 Å². The third-order valence-electron chi connectivity index (χ3n) is 3.43. The molecule has 6 heteroatoms. The number of thioether (sulfide) groups is 2. The first-order chi connectivity index (χ1) is 10.9. The maximum absolute atomic E-state index is 8.78. The number of hydrogen-bond donors (Lipinski definition) is 1. The first kappa shape index (κ1) is 20.3. The largest absolute Gasteiger partial charge is 0.396 e. The summed E-state index contributed by atoms with van der Waals surface area (Å²) in [6.45, 7) is 2.47. The van der Waals surface area contributed by atoms with Crippen molar-refractivity contribution in [3.05, 3.63) is 0 Å². The highest BCUT2D eigenvalue weighted by Gasteiger charge is 2.04. The molecule has 1 rings (SSSR count). The smallest absolute Gasteiger partial charge is 0.175 e. The van der Waals surface area contributed by atoms with Gasteiger partial charge in [0.15, 0.2) is 8.68 Å². The Morgan fingerprint density at radius 2 is 1.27 bits per heavy atom. The average molecular weight is 363 g/mol. The summed E-state index contributed by atoms with van der Waals surface area (Å²) in [7, 11) is 0. The van der Waals surface area contributed by atoms with Crippen LogP contribution in [0, 0.1) is 0 Å². The van der Waals surface area contributed by atoms with E-state index in [9.17, 15) is 0 Å². The van der Waals surface area contributed by atoms with E-state index < -0.39 is 0 Å². The number of aromatic nitrogens is 2. The fourth-order valence-corrected chi connectivity index (χ4v) is 5.10. The highest BCUT2D eigenvalue weighted by Crippen LogP contribution is 2.29. The molecule has 3 nitrogen and oxygen atoms in total. The summed E-state index contributed by atoms with van der Waals surface area (Å²) >= 11 is 5.05. The second-order valence-electron chi connectivity index (χ2n) is 5.44.